The lowest BCUT2D eigenvalue weighted by molar-refractivity contribution is 1.04. The summed E-state index contributed by atoms with van der Waals surface area (Å²) in [5, 5.41) is 7.80. The fourth-order valence-electron chi connectivity index (χ4n) is 0.952. The molecule has 0 fully saturated rings. The summed E-state index contributed by atoms with van der Waals surface area (Å²) in [5.74, 6) is 0.617. The number of aromatic amines is 1. The zero-order chi connectivity index (χ0) is 8.72. The molecule has 0 bridgehead atoms. The van der Waals surface area contributed by atoms with Crippen LogP contribution in [0.25, 0.3) is 11.0 Å². The SMILES string of the molecule is Cc1nc(Cl)c2c(Br)[nH]nc2n1. The second kappa shape index (κ2) is 2.67. The van der Waals surface area contributed by atoms with Crippen LogP contribution in [0.15, 0.2) is 4.60 Å². The van der Waals surface area contributed by atoms with Crippen molar-refractivity contribution in [2.24, 2.45) is 0 Å². The van der Waals surface area contributed by atoms with E-state index in [1.165, 1.54) is 0 Å². The van der Waals surface area contributed by atoms with Crippen LogP contribution in [0.2, 0.25) is 5.15 Å². The van der Waals surface area contributed by atoms with Gasteiger partial charge in [0.15, 0.2) is 5.65 Å². The van der Waals surface area contributed by atoms with Gasteiger partial charge in [-0.2, -0.15) is 5.10 Å². The molecule has 2 aromatic heterocycles. The summed E-state index contributed by atoms with van der Waals surface area (Å²) >= 11 is 9.13. The van der Waals surface area contributed by atoms with Crippen molar-refractivity contribution in [1.82, 2.24) is 20.2 Å². The number of aromatic nitrogens is 4. The van der Waals surface area contributed by atoms with E-state index in [0.717, 1.165) is 5.39 Å². The van der Waals surface area contributed by atoms with Crippen molar-refractivity contribution in [2.45, 2.75) is 6.92 Å². The van der Waals surface area contributed by atoms with Gasteiger partial charge in [0.25, 0.3) is 0 Å². The van der Waals surface area contributed by atoms with E-state index in [-0.39, 0.29) is 0 Å². The molecule has 62 valence electrons. The molecular weight excluding hydrogens is 243 g/mol. The number of fused-ring (bicyclic) bond motifs is 1. The zero-order valence-corrected chi connectivity index (χ0v) is 8.44. The van der Waals surface area contributed by atoms with Crippen LogP contribution >= 0.6 is 27.5 Å². The quantitative estimate of drug-likeness (QED) is 0.725. The Bertz CT molecular complexity index is 438. The standard InChI is InChI=1S/C6H4BrClN4/c1-2-9-5(8)3-4(7)11-12-6(3)10-2/h1H3,(H,9,10,11,12). The first kappa shape index (κ1) is 7.94. The van der Waals surface area contributed by atoms with E-state index in [9.17, 15) is 0 Å². The van der Waals surface area contributed by atoms with Crippen LogP contribution in [0.5, 0.6) is 0 Å². The fourth-order valence-corrected chi connectivity index (χ4v) is 1.82. The third-order valence-corrected chi connectivity index (χ3v) is 2.28. The van der Waals surface area contributed by atoms with Gasteiger partial charge in [0.2, 0.25) is 0 Å². The second-order valence-corrected chi connectivity index (χ2v) is 3.45. The average Bonchev–Trinajstić information content (AvgIpc) is 2.31. The monoisotopic (exact) mass is 246 g/mol. The van der Waals surface area contributed by atoms with Gasteiger partial charge in [-0.15, -0.1) is 0 Å². The molecule has 0 radical (unpaired) electrons. The highest BCUT2D eigenvalue weighted by Crippen LogP contribution is 2.25. The minimum atomic E-state index is 0.415. The Morgan fingerprint density at radius 2 is 2.17 bits per heavy atom. The lowest BCUT2D eigenvalue weighted by atomic mass is 10.4. The van der Waals surface area contributed by atoms with Crippen LogP contribution in [0.1, 0.15) is 5.82 Å². The van der Waals surface area contributed by atoms with Gasteiger partial charge in [-0.1, -0.05) is 11.6 Å². The molecule has 0 aliphatic heterocycles. The van der Waals surface area contributed by atoms with Crippen LogP contribution in [0, 0.1) is 6.92 Å². The third-order valence-electron chi connectivity index (χ3n) is 1.44. The molecule has 6 heteroatoms. The molecule has 2 rings (SSSR count). The highest BCUT2D eigenvalue weighted by molar-refractivity contribution is 9.10. The summed E-state index contributed by atoms with van der Waals surface area (Å²) in [5.41, 5.74) is 0.583. The number of nitrogens with one attached hydrogen (secondary N) is 1. The molecule has 0 aliphatic rings. The largest absolute Gasteiger partial charge is 0.268 e. The molecule has 0 spiro atoms. The number of rotatable bonds is 0. The molecule has 0 saturated heterocycles. The van der Waals surface area contributed by atoms with Gasteiger partial charge in [0.1, 0.15) is 15.6 Å². The Hall–Kier alpha value is -0.680. The molecular formula is C6H4BrClN4. The van der Waals surface area contributed by atoms with Crippen molar-refractivity contribution in [2.75, 3.05) is 0 Å². The molecule has 2 heterocycles. The first-order valence-electron chi connectivity index (χ1n) is 3.22. The third kappa shape index (κ3) is 1.09. The summed E-state index contributed by atoms with van der Waals surface area (Å²) in [4.78, 5) is 8.09. The molecule has 2 aromatic rings. The van der Waals surface area contributed by atoms with Gasteiger partial charge in [-0.3, -0.25) is 5.10 Å². The Labute approximate surface area is 81.5 Å². The number of hydrogen-bond acceptors (Lipinski definition) is 3. The number of aryl methyl sites for hydroxylation is 1. The van der Waals surface area contributed by atoms with E-state index in [4.69, 9.17) is 11.6 Å². The van der Waals surface area contributed by atoms with E-state index >= 15 is 0 Å². The maximum atomic E-state index is 5.87. The minimum Gasteiger partial charge on any atom is -0.268 e. The molecule has 0 amide bonds. The van der Waals surface area contributed by atoms with E-state index in [0.29, 0.717) is 21.2 Å². The summed E-state index contributed by atoms with van der Waals surface area (Å²) in [6.45, 7) is 1.77. The Balaban J connectivity index is 2.93. The predicted molar refractivity (Wildman–Crippen MR) is 49.1 cm³/mol. The van der Waals surface area contributed by atoms with Crippen LogP contribution in [0.3, 0.4) is 0 Å². The molecule has 0 saturated carbocycles. The van der Waals surface area contributed by atoms with Gasteiger partial charge < -0.3 is 0 Å². The smallest absolute Gasteiger partial charge is 0.186 e. The van der Waals surface area contributed by atoms with Gasteiger partial charge in [0, 0.05) is 0 Å². The fraction of sp³-hybridized carbons (Fsp3) is 0.167. The van der Waals surface area contributed by atoms with Crippen molar-refractivity contribution in [1.29, 1.82) is 0 Å². The van der Waals surface area contributed by atoms with Gasteiger partial charge in [0.05, 0.1) is 5.39 Å². The summed E-state index contributed by atoms with van der Waals surface area (Å²) < 4.78 is 0.711. The average molecular weight is 247 g/mol. The number of H-pyrrole nitrogens is 1. The van der Waals surface area contributed by atoms with Crippen LogP contribution in [-0.4, -0.2) is 20.2 Å². The number of hydrogen-bond donors (Lipinski definition) is 1. The highest BCUT2D eigenvalue weighted by atomic mass is 79.9. The normalized spacial score (nSPS) is 10.9. The topological polar surface area (TPSA) is 54.5 Å². The minimum absolute atomic E-state index is 0.415. The Kier molecular flexibility index (Phi) is 1.77. The van der Waals surface area contributed by atoms with Crippen molar-refractivity contribution in [3.63, 3.8) is 0 Å². The first-order valence-corrected chi connectivity index (χ1v) is 4.39. The Morgan fingerprint density at radius 3 is 2.92 bits per heavy atom. The van der Waals surface area contributed by atoms with Gasteiger partial charge >= 0.3 is 0 Å². The molecule has 0 atom stereocenters. The lowest BCUT2D eigenvalue weighted by Crippen LogP contribution is -1.88. The molecule has 0 unspecified atom stereocenters. The van der Waals surface area contributed by atoms with Crippen molar-refractivity contribution in [3.8, 4) is 0 Å². The number of nitrogens with zero attached hydrogens (tertiary/aromatic N) is 3. The van der Waals surface area contributed by atoms with Crippen molar-refractivity contribution < 1.29 is 0 Å². The van der Waals surface area contributed by atoms with Crippen LogP contribution in [-0.2, 0) is 0 Å². The van der Waals surface area contributed by atoms with Crippen molar-refractivity contribution >= 4 is 38.6 Å². The van der Waals surface area contributed by atoms with Crippen LogP contribution < -0.4 is 0 Å². The summed E-state index contributed by atoms with van der Waals surface area (Å²) in [7, 11) is 0. The van der Waals surface area contributed by atoms with Gasteiger partial charge in [-0.25, -0.2) is 9.97 Å². The first-order chi connectivity index (χ1) is 5.68. The summed E-state index contributed by atoms with van der Waals surface area (Å²) in [6, 6.07) is 0. The number of halogens is 2. The van der Waals surface area contributed by atoms with Crippen LogP contribution in [0.4, 0.5) is 0 Å². The maximum Gasteiger partial charge on any atom is 0.186 e. The van der Waals surface area contributed by atoms with E-state index in [1.54, 1.807) is 6.92 Å². The molecule has 1 N–H and O–H groups in total. The zero-order valence-electron chi connectivity index (χ0n) is 6.10. The summed E-state index contributed by atoms with van der Waals surface area (Å²) in [6.07, 6.45) is 0. The predicted octanol–water partition coefficient (Wildman–Crippen LogP) is 2.08. The van der Waals surface area contributed by atoms with E-state index in [1.807, 2.05) is 0 Å². The van der Waals surface area contributed by atoms with Gasteiger partial charge in [-0.05, 0) is 22.9 Å². The molecule has 12 heavy (non-hydrogen) atoms. The molecule has 0 aromatic carbocycles. The molecule has 4 nitrogen and oxygen atoms in total. The second-order valence-electron chi connectivity index (χ2n) is 2.30. The van der Waals surface area contributed by atoms with E-state index < -0.39 is 0 Å². The highest BCUT2D eigenvalue weighted by Gasteiger charge is 2.09. The lowest BCUT2D eigenvalue weighted by Gasteiger charge is -1.93. The maximum absolute atomic E-state index is 5.87. The van der Waals surface area contributed by atoms with Crippen molar-refractivity contribution in [3.05, 3.63) is 15.6 Å². The van der Waals surface area contributed by atoms with E-state index in [2.05, 4.69) is 36.1 Å². The Morgan fingerprint density at radius 1 is 1.42 bits per heavy atom. The molecule has 0 aliphatic carbocycles.